The van der Waals surface area contributed by atoms with Crippen LogP contribution in [-0.4, -0.2) is 30.2 Å². The zero-order valence-corrected chi connectivity index (χ0v) is 21.2. The van der Waals surface area contributed by atoms with E-state index >= 15 is 0 Å². The summed E-state index contributed by atoms with van der Waals surface area (Å²) < 4.78 is 24.9. The van der Waals surface area contributed by atoms with Gasteiger partial charge in [0.15, 0.2) is 6.17 Å². The predicted molar refractivity (Wildman–Crippen MR) is 137 cm³/mol. The molecule has 0 saturated heterocycles. The van der Waals surface area contributed by atoms with Crippen LogP contribution in [0.2, 0.25) is 0 Å². The lowest BCUT2D eigenvalue weighted by Crippen LogP contribution is -2.29. The lowest BCUT2D eigenvalue weighted by molar-refractivity contribution is -0.157. The summed E-state index contributed by atoms with van der Waals surface area (Å²) >= 11 is 5.94. The number of carbonyl (C=O) groups excluding carboxylic acids is 1. The summed E-state index contributed by atoms with van der Waals surface area (Å²) in [6.45, 7) is 4.41. The van der Waals surface area contributed by atoms with Crippen LogP contribution in [0, 0.1) is 5.92 Å². The maximum atomic E-state index is 13.9. The molecular formula is C29H38ClFO3. The Bertz CT molecular complexity index is 858. The number of esters is 1. The van der Waals surface area contributed by atoms with Crippen LogP contribution in [0.3, 0.4) is 0 Å². The van der Waals surface area contributed by atoms with E-state index in [0.29, 0.717) is 12.5 Å². The first-order chi connectivity index (χ1) is 16.4. The summed E-state index contributed by atoms with van der Waals surface area (Å²) in [5.41, 5.74) is 3.69. The molecule has 0 aliphatic heterocycles. The minimum absolute atomic E-state index is 0.00997. The van der Waals surface area contributed by atoms with Gasteiger partial charge in [0, 0.05) is 0 Å². The number of halogens is 2. The largest absolute Gasteiger partial charge is 0.492 e. The van der Waals surface area contributed by atoms with Crippen molar-refractivity contribution in [2.45, 2.75) is 89.3 Å². The lowest BCUT2D eigenvalue weighted by Gasteiger charge is -2.28. The van der Waals surface area contributed by atoms with Crippen LogP contribution in [0.4, 0.5) is 4.39 Å². The normalized spacial score (nSPS) is 19.9. The number of rotatable bonds is 12. The number of aryl methyl sites for hydroxylation is 1. The third kappa shape index (κ3) is 8.61. The first-order valence-corrected chi connectivity index (χ1v) is 13.2. The van der Waals surface area contributed by atoms with E-state index in [9.17, 15) is 9.18 Å². The van der Waals surface area contributed by atoms with E-state index in [-0.39, 0.29) is 17.9 Å². The summed E-state index contributed by atoms with van der Waals surface area (Å²) in [5.74, 6) is 0.807. The average molecular weight is 489 g/mol. The molecule has 2 atom stereocenters. The van der Waals surface area contributed by atoms with Gasteiger partial charge in [-0.3, -0.25) is 0 Å². The van der Waals surface area contributed by atoms with Gasteiger partial charge in [0.2, 0.25) is 0 Å². The van der Waals surface area contributed by atoms with Gasteiger partial charge in [0.25, 0.3) is 0 Å². The maximum absolute atomic E-state index is 13.9. The molecule has 3 rings (SSSR count). The van der Waals surface area contributed by atoms with Crippen molar-refractivity contribution in [3.05, 3.63) is 54.1 Å². The Labute approximate surface area is 209 Å². The summed E-state index contributed by atoms with van der Waals surface area (Å²) in [5, 5.41) is -0.00997. The molecule has 1 fully saturated rings. The van der Waals surface area contributed by atoms with Crippen LogP contribution in [-0.2, 0) is 16.0 Å². The fourth-order valence-electron chi connectivity index (χ4n) is 4.47. The van der Waals surface area contributed by atoms with Crippen LogP contribution >= 0.6 is 11.6 Å². The molecule has 0 amide bonds. The summed E-state index contributed by atoms with van der Waals surface area (Å²) in [6.07, 6.45) is 6.26. The number of hydrogen-bond donors (Lipinski definition) is 0. The number of hydrogen-bond acceptors (Lipinski definition) is 3. The van der Waals surface area contributed by atoms with Gasteiger partial charge in [-0.25, -0.2) is 9.18 Å². The van der Waals surface area contributed by atoms with Crippen molar-refractivity contribution in [2.75, 3.05) is 6.61 Å². The highest BCUT2D eigenvalue weighted by Gasteiger charge is 2.27. The van der Waals surface area contributed by atoms with Gasteiger partial charge in [-0.1, -0.05) is 56.2 Å². The van der Waals surface area contributed by atoms with Gasteiger partial charge < -0.3 is 9.47 Å². The van der Waals surface area contributed by atoms with E-state index in [0.717, 1.165) is 62.7 Å². The number of carbonyl (C=O) groups is 1. The Kier molecular flexibility index (Phi) is 10.7. The molecule has 0 aromatic heterocycles. The van der Waals surface area contributed by atoms with Crippen LogP contribution in [0.1, 0.15) is 70.8 Å². The summed E-state index contributed by atoms with van der Waals surface area (Å²) in [4.78, 5) is 11.9. The highest BCUT2D eigenvalue weighted by Crippen LogP contribution is 2.30. The van der Waals surface area contributed by atoms with E-state index in [1.165, 1.54) is 11.1 Å². The van der Waals surface area contributed by atoms with Crippen molar-refractivity contribution in [3.8, 4) is 16.9 Å². The van der Waals surface area contributed by atoms with E-state index in [1.54, 1.807) is 0 Å². The molecule has 34 heavy (non-hydrogen) atoms. The van der Waals surface area contributed by atoms with Gasteiger partial charge >= 0.3 is 5.97 Å². The zero-order chi connectivity index (χ0) is 24.3. The average Bonchev–Trinajstić information content (AvgIpc) is 2.86. The number of benzene rings is 2. The first-order valence-electron chi connectivity index (χ1n) is 12.8. The standard InChI is InChI=1S/C29H38ClFO3/c1-3-4-5-28(31)29(32)34-27-16-10-23(11-17-27)7-6-22-8-12-24(13-9-22)25-14-18-26(19-15-25)33-20-21(2)30/h8-9,12-15,18-19,21,23,27-28H,3-7,10-11,16-17,20H2,1-2H3/t21-,23?,27?,28+/m1/s1. The second-order valence-electron chi connectivity index (χ2n) is 9.54. The van der Waals surface area contributed by atoms with Crippen molar-refractivity contribution >= 4 is 17.6 Å². The zero-order valence-electron chi connectivity index (χ0n) is 20.5. The van der Waals surface area contributed by atoms with Crippen molar-refractivity contribution in [1.82, 2.24) is 0 Å². The maximum Gasteiger partial charge on any atom is 0.340 e. The molecular weight excluding hydrogens is 451 g/mol. The van der Waals surface area contributed by atoms with Crippen molar-refractivity contribution < 1.29 is 18.7 Å². The van der Waals surface area contributed by atoms with Gasteiger partial charge in [-0.15, -0.1) is 11.6 Å². The van der Waals surface area contributed by atoms with Gasteiger partial charge in [-0.2, -0.15) is 0 Å². The van der Waals surface area contributed by atoms with E-state index in [4.69, 9.17) is 21.1 Å². The molecule has 5 heteroatoms. The molecule has 1 saturated carbocycles. The smallest absolute Gasteiger partial charge is 0.340 e. The molecule has 2 aromatic rings. The van der Waals surface area contributed by atoms with Crippen LogP contribution in [0.25, 0.3) is 11.1 Å². The molecule has 186 valence electrons. The molecule has 0 heterocycles. The van der Waals surface area contributed by atoms with E-state index in [2.05, 4.69) is 36.4 Å². The van der Waals surface area contributed by atoms with E-state index in [1.807, 2.05) is 26.0 Å². The summed E-state index contributed by atoms with van der Waals surface area (Å²) in [7, 11) is 0. The molecule has 0 bridgehead atoms. The quantitative estimate of drug-likeness (QED) is 0.225. The lowest BCUT2D eigenvalue weighted by atomic mass is 9.83. The minimum Gasteiger partial charge on any atom is -0.492 e. The molecule has 0 radical (unpaired) electrons. The molecule has 1 aliphatic rings. The fraction of sp³-hybridized carbons (Fsp3) is 0.552. The van der Waals surface area contributed by atoms with Crippen LogP contribution < -0.4 is 4.74 Å². The Hall–Kier alpha value is -2.07. The van der Waals surface area contributed by atoms with Gasteiger partial charge in [0.1, 0.15) is 18.5 Å². The highest BCUT2D eigenvalue weighted by molar-refractivity contribution is 6.20. The second-order valence-corrected chi connectivity index (χ2v) is 10.3. The highest BCUT2D eigenvalue weighted by atomic mass is 35.5. The Morgan fingerprint density at radius 1 is 1.03 bits per heavy atom. The Morgan fingerprint density at radius 3 is 2.24 bits per heavy atom. The fourth-order valence-corrected chi connectivity index (χ4v) is 4.53. The molecule has 3 nitrogen and oxygen atoms in total. The molecule has 0 spiro atoms. The third-order valence-electron chi connectivity index (χ3n) is 6.61. The Morgan fingerprint density at radius 2 is 1.65 bits per heavy atom. The van der Waals surface area contributed by atoms with Crippen molar-refractivity contribution in [2.24, 2.45) is 5.92 Å². The van der Waals surface area contributed by atoms with Crippen LogP contribution in [0.5, 0.6) is 5.75 Å². The van der Waals surface area contributed by atoms with Gasteiger partial charge in [-0.05, 0) is 86.6 Å². The van der Waals surface area contributed by atoms with Gasteiger partial charge in [0.05, 0.1) is 5.38 Å². The first kappa shape index (κ1) is 26.5. The third-order valence-corrected chi connectivity index (χ3v) is 6.73. The van der Waals surface area contributed by atoms with E-state index < -0.39 is 12.1 Å². The SMILES string of the molecule is CCCC[C@H](F)C(=O)OC1CCC(CCc2ccc(-c3ccc(OC[C@@H](C)Cl)cc3)cc2)CC1. The topological polar surface area (TPSA) is 35.5 Å². The number of ether oxygens (including phenoxy) is 2. The Balaban J connectivity index is 1.39. The molecule has 0 unspecified atom stereocenters. The molecule has 1 aliphatic carbocycles. The molecule has 0 N–H and O–H groups in total. The number of alkyl halides is 2. The predicted octanol–water partition coefficient (Wildman–Crippen LogP) is 7.92. The summed E-state index contributed by atoms with van der Waals surface area (Å²) in [6, 6.07) is 16.9. The minimum atomic E-state index is -1.47. The van der Waals surface area contributed by atoms with Crippen molar-refractivity contribution in [3.63, 3.8) is 0 Å². The molecule has 2 aromatic carbocycles. The van der Waals surface area contributed by atoms with Crippen molar-refractivity contribution in [1.29, 1.82) is 0 Å². The number of unbranched alkanes of at least 4 members (excludes halogenated alkanes) is 1. The second kappa shape index (κ2) is 13.7. The van der Waals surface area contributed by atoms with Crippen LogP contribution in [0.15, 0.2) is 48.5 Å². The monoisotopic (exact) mass is 488 g/mol.